The lowest BCUT2D eigenvalue weighted by Crippen LogP contribution is -2.08. The van der Waals surface area contributed by atoms with Crippen LogP contribution in [-0.4, -0.2) is 15.0 Å². The van der Waals surface area contributed by atoms with Gasteiger partial charge in [-0.3, -0.25) is 0 Å². The Labute approximate surface area is 309 Å². The SMILES string of the molecule is C1=CC2c3cccc4cccc(c34)C2C(c2ccc3oc4cccc(-c5nc(-c6ccccc6)nc(-c6cccc7oc8ccccc8c67)n5)c4c3c2)=C1. The van der Waals surface area contributed by atoms with Gasteiger partial charge >= 0.3 is 0 Å². The maximum atomic E-state index is 6.55. The Morgan fingerprint density at radius 3 is 1.85 bits per heavy atom. The summed E-state index contributed by atoms with van der Waals surface area (Å²) in [5, 5.41) is 6.72. The van der Waals surface area contributed by atoms with Gasteiger partial charge in [0, 0.05) is 50.1 Å². The number of rotatable bonds is 4. The van der Waals surface area contributed by atoms with E-state index in [1.165, 1.54) is 33.0 Å². The highest BCUT2D eigenvalue weighted by Gasteiger charge is 2.37. The number of benzene rings is 7. The molecule has 0 spiro atoms. The Balaban J connectivity index is 1.07. The summed E-state index contributed by atoms with van der Waals surface area (Å²) >= 11 is 0. The summed E-state index contributed by atoms with van der Waals surface area (Å²) < 4.78 is 12.8. The van der Waals surface area contributed by atoms with Gasteiger partial charge in [0.15, 0.2) is 17.5 Å². The van der Waals surface area contributed by atoms with Crippen LogP contribution in [0.15, 0.2) is 173 Å². The van der Waals surface area contributed by atoms with Gasteiger partial charge in [0.1, 0.15) is 22.3 Å². The Morgan fingerprint density at radius 2 is 1.07 bits per heavy atom. The van der Waals surface area contributed by atoms with Gasteiger partial charge in [-0.05, 0) is 63.4 Å². The molecule has 0 radical (unpaired) electrons. The average molecular weight is 692 g/mol. The van der Waals surface area contributed by atoms with Crippen LogP contribution < -0.4 is 0 Å². The fourth-order valence-corrected chi connectivity index (χ4v) is 9.03. The fourth-order valence-electron chi connectivity index (χ4n) is 9.03. The van der Waals surface area contributed by atoms with Crippen molar-refractivity contribution in [3.63, 3.8) is 0 Å². The van der Waals surface area contributed by atoms with Crippen LogP contribution in [0.3, 0.4) is 0 Å². The van der Waals surface area contributed by atoms with E-state index in [4.69, 9.17) is 23.8 Å². The Kier molecular flexibility index (Phi) is 6.11. The van der Waals surface area contributed by atoms with Crippen molar-refractivity contribution in [2.24, 2.45) is 0 Å². The number of furan rings is 2. The van der Waals surface area contributed by atoms with Crippen molar-refractivity contribution in [3.8, 4) is 34.2 Å². The van der Waals surface area contributed by atoms with Gasteiger partial charge in [0.25, 0.3) is 0 Å². The van der Waals surface area contributed by atoms with Gasteiger partial charge in [0.05, 0.1) is 0 Å². The molecule has 3 aromatic heterocycles. The quantitative estimate of drug-likeness (QED) is 0.184. The molecule has 0 amide bonds. The predicted octanol–water partition coefficient (Wildman–Crippen LogP) is 12.7. The lowest BCUT2D eigenvalue weighted by atomic mass is 9.77. The zero-order valence-electron chi connectivity index (χ0n) is 28.9. The number of hydrogen-bond acceptors (Lipinski definition) is 5. The molecular weight excluding hydrogens is 663 g/mol. The van der Waals surface area contributed by atoms with Crippen molar-refractivity contribution >= 4 is 60.2 Å². The lowest BCUT2D eigenvalue weighted by molar-refractivity contribution is 0.668. The Hall–Kier alpha value is -7.11. The summed E-state index contributed by atoms with van der Waals surface area (Å²) in [6.07, 6.45) is 6.88. The molecule has 0 aliphatic heterocycles. The molecule has 252 valence electrons. The van der Waals surface area contributed by atoms with Crippen molar-refractivity contribution in [1.29, 1.82) is 0 Å². The number of para-hydroxylation sites is 1. The molecule has 0 saturated heterocycles. The zero-order chi connectivity index (χ0) is 35.3. The van der Waals surface area contributed by atoms with Gasteiger partial charge in [0.2, 0.25) is 0 Å². The van der Waals surface area contributed by atoms with E-state index in [1.807, 2.05) is 72.8 Å². The summed E-state index contributed by atoms with van der Waals surface area (Å²) in [6, 6.07) is 50.5. The average Bonchev–Trinajstić information content (AvgIpc) is 3.91. The molecular formula is C49H29N3O2. The second-order valence-corrected chi connectivity index (χ2v) is 14.2. The van der Waals surface area contributed by atoms with E-state index in [-0.39, 0.29) is 5.92 Å². The van der Waals surface area contributed by atoms with Gasteiger partial charge in [-0.25, -0.2) is 15.0 Å². The third-order valence-electron chi connectivity index (χ3n) is 11.3. The molecule has 0 N–H and O–H groups in total. The van der Waals surface area contributed by atoms with E-state index in [1.54, 1.807) is 0 Å². The number of aromatic nitrogens is 3. The number of nitrogens with zero attached hydrogens (tertiary/aromatic N) is 3. The largest absolute Gasteiger partial charge is 0.456 e. The van der Waals surface area contributed by atoms with Crippen molar-refractivity contribution in [2.75, 3.05) is 0 Å². The highest BCUT2D eigenvalue weighted by molar-refractivity contribution is 6.14. The van der Waals surface area contributed by atoms with Crippen LogP contribution in [0.4, 0.5) is 0 Å². The lowest BCUT2D eigenvalue weighted by Gasteiger charge is -2.25. The van der Waals surface area contributed by atoms with Crippen LogP contribution in [0.1, 0.15) is 28.5 Å². The van der Waals surface area contributed by atoms with E-state index >= 15 is 0 Å². The minimum atomic E-state index is 0.243. The third kappa shape index (κ3) is 4.24. The molecule has 0 saturated carbocycles. The smallest absolute Gasteiger partial charge is 0.164 e. The van der Waals surface area contributed by atoms with Crippen LogP contribution in [0.25, 0.3) is 94.4 Å². The summed E-state index contributed by atoms with van der Waals surface area (Å²) in [5.74, 6) is 2.32. The molecule has 2 aliphatic rings. The first-order valence-electron chi connectivity index (χ1n) is 18.3. The second kappa shape index (κ2) is 11.2. The molecule has 7 aromatic carbocycles. The Bertz CT molecular complexity index is 3240. The highest BCUT2D eigenvalue weighted by Crippen LogP contribution is 2.55. The van der Waals surface area contributed by atoms with Crippen molar-refractivity contribution in [3.05, 3.63) is 181 Å². The van der Waals surface area contributed by atoms with Gasteiger partial charge in [-0.2, -0.15) is 0 Å². The molecule has 2 unspecified atom stereocenters. The zero-order valence-corrected chi connectivity index (χ0v) is 28.9. The van der Waals surface area contributed by atoms with Gasteiger partial charge in [-0.1, -0.05) is 133 Å². The first kappa shape index (κ1) is 29.5. The van der Waals surface area contributed by atoms with E-state index < -0.39 is 0 Å². The maximum absolute atomic E-state index is 6.55. The van der Waals surface area contributed by atoms with E-state index in [0.717, 1.165) is 60.6 Å². The predicted molar refractivity (Wildman–Crippen MR) is 217 cm³/mol. The summed E-state index contributed by atoms with van der Waals surface area (Å²) in [7, 11) is 0. The van der Waals surface area contributed by atoms with Gasteiger partial charge < -0.3 is 8.83 Å². The standard InChI is InChI=1S/C49H29N3O2/c1-2-11-29(12-3-1)47-50-48(36-20-9-23-41-45(36)34-15-4-5-22-39(34)53-41)52-49(51-47)37-21-10-24-42-46(37)38-27-30(25-26-40(38)54-42)31-16-8-18-33-32-17-6-13-28-14-7-19-35(43(28)32)44(31)33/h1-27,33,44H. The summed E-state index contributed by atoms with van der Waals surface area (Å²) in [6.45, 7) is 0. The first-order valence-corrected chi connectivity index (χ1v) is 18.3. The second-order valence-electron chi connectivity index (χ2n) is 14.2. The molecule has 54 heavy (non-hydrogen) atoms. The van der Waals surface area contributed by atoms with Crippen LogP contribution >= 0.6 is 0 Å². The number of fused-ring (bicyclic) bond motifs is 9. The first-order chi connectivity index (χ1) is 26.8. The molecule has 12 rings (SSSR count). The van der Waals surface area contributed by atoms with Crippen molar-refractivity contribution < 1.29 is 8.83 Å². The highest BCUT2D eigenvalue weighted by atomic mass is 16.3. The van der Waals surface area contributed by atoms with Crippen LogP contribution in [0.2, 0.25) is 0 Å². The summed E-state index contributed by atoms with van der Waals surface area (Å²) in [5.41, 5.74) is 11.2. The molecule has 5 nitrogen and oxygen atoms in total. The molecule has 5 heteroatoms. The van der Waals surface area contributed by atoms with E-state index in [2.05, 4.69) is 91.0 Å². The van der Waals surface area contributed by atoms with Gasteiger partial charge in [-0.15, -0.1) is 0 Å². The molecule has 2 atom stereocenters. The minimum Gasteiger partial charge on any atom is -0.456 e. The van der Waals surface area contributed by atoms with Crippen LogP contribution in [0, 0.1) is 0 Å². The fraction of sp³-hybridized carbons (Fsp3) is 0.0408. The topological polar surface area (TPSA) is 65.0 Å². The maximum Gasteiger partial charge on any atom is 0.164 e. The molecule has 2 aliphatic carbocycles. The summed E-state index contributed by atoms with van der Waals surface area (Å²) in [4.78, 5) is 15.5. The van der Waals surface area contributed by atoms with E-state index in [0.29, 0.717) is 23.4 Å². The van der Waals surface area contributed by atoms with Crippen LogP contribution in [0.5, 0.6) is 0 Å². The normalized spacial score (nSPS) is 16.2. The monoisotopic (exact) mass is 691 g/mol. The molecule has 10 aromatic rings. The number of allylic oxidation sites excluding steroid dienone is 4. The molecule has 3 heterocycles. The van der Waals surface area contributed by atoms with Crippen molar-refractivity contribution in [2.45, 2.75) is 11.8 Å². The molecule has 0 bridgehead atoms. The number of hydrogen-bond donors (Lipinski definition) is 0. The van der Waals surface area contributed by atoms with Crippen LogP contribution in [-0.2, 0) is 0 Å². The van der Waals surface area contributed by atoms with E-state index in [9.17, 15) is 0 Å². The molecule has 0 fully saturated rings. The third-order valence-corrected chi connectivity index (χ3v) is 11.3. The Morgan fingerprint density at radius 1 is 0.444 bits per heavy atom. The minimum absolute atomic E-state index is 0.243. The van der Waals surface area contributed by atoms with Crippen molar-refractivity contribution in [1.82, 2.24) is 15.0 Å².